The molecule has 96 valence electrons. The number of carboxylic acid groups (broad SMARTS) is 1. The molecule has 1 aliphatic heterocycles. The summed E-state index contributed by atoms with van der Waals surface area (Å²) in [6.45, 7) is 0.561. The first-order valence-electron chi connectivity index (χ1n) is 5.78. The second-order valence-electron chi connectivity index (χ2n) is 4.37. The Morgan fingerprint density at radius 3 is 2.61 bits per heavy atom. The molecule has 1 fully saturated rings. The van der Waals surface area contributed by atoms with Gasteiger partial charge in [0.05, 0.1) is 12.5 Å². The lowest BCUT2D eigenvalue weighted by molar-refractivity contribution is -0.139. The molecule has 5 heteroatoms. The van der Waals surface area contributed by atoms with Crippen LogP contribution in [0.3, 0.4) is 0 Å². The van der Waals surface area contributed by atoms with Gasteiger partial charge in [0.25, 0.3) is 0 Å². The van der Waals surface area contributed by atoms with Crippen LogP contribution in [-0.4, -0.2) is 33.3 Å². The zero-order chi connectivity index (χ0) is 13.1. The van der Waals surface area contributed by atoms with Crippen molar-refractivity contribution in [1.29, 1.82) is 0 Å². The number of nitrogens with zero attached hydrogens (tertiary/aromatic N) is 1. The van der Waals surface area contributed by atoms with Crippen molar-refractivity contribution in [3.05, 3.63) is 35.9 Å². The Balaban J connectivity index is 2.26. The maximum Gasteiger partial charge on any atom is 0.305 e. The van der Waals surface area contributed by atoms with E-state index in [9.17, 15) is 9.59 Å². The van der Waals surface area contributed by atoms with E-state index < -0.39 is 5.97 Å². The summed E-state index contributed by atoms with van der Waals surface area (Å²) in [5.74, 6) is -0.887. The lowest BCUT2D eigenvalue weighted by Gasteiger charge is -2.27. The van der Waals surface area contributed by atoms with E-state index in [4.69, 9.17) is 5.11 Å². The second kappa shape index (κ2) is 5.52. The number of rotatable bonds is 4. The van der Waals surface area contributed by atoms with Crippen molar-refractivity contribution in [3.63, 3.8) is 0 Å². The van der Waals surface area contributed by atoms with Crippen molar-refractivity contribution in [3.8, 4) is 0 Å². The van der Waals surface area contributed by atoms with E-state index in [0.29, 0.717) is 13.0 Å². The zero-order valence-electron chi connectivity index (χ0n) is 9.75. The van der Waals surface area contributed by atoms with E-state index in [1.54, 1.807) is 4.90 Å². The van der Waals surface area contributed by atoms with E-state index in [2.05, 4.69) is 15.9 Å². The molecule has 2 unspecified atom stereocenters. The first-order valence-corrected chi connectivity index (χ1v) is 6.69. The molecular weight excluding hydrogens is 298 g/mol. The highest BCUT2D eigenvalue weighted by Gasteiger charge is 2.34. The monoisotopic (exact) mass is 311 g/mol. The number of carbonyl (C=O) groups excluding carboxylic acids is 1. The molecule has 0 spiro atoms. The molecule has 1 N–H and O–H groups in total. The van der Waals surface area contributed by atoms with Crippen LogP contribution in [0.5, 0.6) is 0 Å². The molecule has 1 saturated heterocycles. The predicted octanol–water partition coefficient (Wildman–Crippen LogP) is 2.20. The number of amides is 1. The molecule has 1 aromatic rings. The van der Waals surface area contributed by atoms with Gasteiger partial charge < -0.3 is 10.0 Å². The third-order valence-electron chi connectivity index (χ3n) is 3.04. The minimum absolute atomic E-state index is 0.00646. The van der Waals surface area contributed by atoms with Gasteiger partial charge >= 0.3 is 5.97 Å². The maximum absolute atomic E-state index is 11.9. The van der Waals surface area contributed by atoms with Gasteiger partial charge in [-0.25, -0.2) is 0 Å². The number of hydrogen-bond donors (Lipinski definition) is 1. The number of hydrogen-bond acceptors (Lipinski definition) is 2. The van der Waals surface area contributed by atoms with Crippen molar-refractivity contribution in [2.24, 2.45) is 0 Å². The molecule has 0 aliphatic carbocycles. The number of benzene rings is 1. The van der Waals surface area contributed by atoms with Gasteiger partial charge in [-0.1, -0.05) is 46.3 Å². The zero-order valence-corrected chi connectivity index (χ0v) is 11.3. The summed E-state index contributed by atoms with van der Waals surface area (Å²) in [6, 6.07) is 8.94. The van der Waals surface area contributed by atoms with Gasteiger partial charge in [-0.3, -0.25) is 9.59 Å². The molecule has 18 heavy (non-hydrogen) atoms. The number of alkyl halides is 1. The normalized spacial score (nSPS) is 21.1. The number of aliphatic carboxylic acids is 1. The molecule has 0 saturated carbocycles. The Morgan fingerprint density at radius 1 is 1.44 bits per heavy atom. The number of carboxylic acids is 1. The van der Waals surface area contributed by atoms with Crippen LogP contribution in [0.2, 0.25) is 0 Å². The smallest absolute Gasteiger partial charge is 0.305 e. The van der Waals surface area contributed by atoms with Crippen LogP contribution >= 0.6 is 15.9 Å². The minimum Gasteiger partial charge on any atom is -0.481 e. The van der Waals surface area contributed by atoms with Crippen LogP contribution in [0, 0.1) is 0 Å². The summed E-state index contributed by atoms with van der Waals surface area (Å²) in [5.41, 5.74) is 0.870. The van der Waals surface area contributed by atoms with E-state index >= 15 is 0 Å². The van der Waals surface area contributed by atoms with Crippen LogP contribution in [0.25, 0.3) is 0 Å². The molecular formula is C13H14BrNO3. The lowest BCUT2D eigenvalue weighted by atomic mass is 10.0. The summed E-state index contributed by atoms with van der Waals surface area (Å²) in [7, 11) is 0. The Hall–Kier alpha value is -1.36. The Kier molecular flexibility index (Phi) is 4.01. The molecule has 2 atom stereocenters. The fourth-order valence-electron chi connectivity index (χ4n) is 2.24. The van der Waals surface area contributed by atoms with Crippen LogP contribution in [-0.2, 0) is 9.59 Å². The summed E-state index contributed by atoms with van der Waals surface area (Å²) in [6.07, 6.45) is 0.373. The summed E-state index contributed by atoms with van der Waals surface area (Å²) in [5, 5.41) is 9.01. The average molecular weight is 312 g/mol. The summed E-state index contributed by atoms with van der Waals surface area (Å²) in [4.78, 5) is 24.6. The van der Waals surface area contributed by atoms with E-state index in [1.165, 1.54) is 0 Å². The van der Waals surface area contributed by atoms with Gasteiger partial charge in [0.2, 0.25) is 5.91 Å². The SMILES string of the molecule is O=C(O)CC(c1ccccc1)N1CC(Br)CC1=O. The van der Waals surface area contributed by atoms with Gasteiger partial charge in [-0.05, 0) is 5.56 Å². The van der Waals surface area contributed by atoms with Crippen molar-refractivity contribution >= 4 is 27.8 Å². The van der Waals surface area contributed by atoms with Crippen LogP contribution in [0.15, 0.2) is 30.3 Å². The van der Waals surface area contributed by atoms with Crippen LogP contribution in [0.1, 0.15) is 24.4 Å². The fraction of sp³-hybridized carbons (Fsp3) is 0.385. The predicted molar refractivity (Wildman–Crippen MR) is 70.5 cm³/mol. The highest BCUT2D eigenvalue weighted by molar-refractivity contribution is 9.09. The van der Waals surface area contributed by atoms with Crippen molar-refractivity contribution < 1.29 is 14.7 Å². The van der Waals surface area contributed by atoms with Crippen LogP contribution in [0.4, 0.5) is 0 Å². The Bertz CT molecular complexity index is 449. The topological polar surface area (TPSA) is 57.6 Å². The largest absolute Gasteiger partial charge is 0.481 e. The molecule has 1 heterocycles. The van der Waals surface area contributed by atoms with Crippen LogP contribution < -0.4 is 0 Å². The summed E-state index contributed by atoms with van der Waals surface area (Å²) >= 11 is 3.42. The molecule has 1 aromatic carbocycles. The molecule has 0 aromatic heterocycles. The second-order valence-corrected chi connectivity index (χ2v) is 5.67. The van der Waals surface area contributed by atoms with Crippen molar-refractivity contribution in [1.82, 2.24) is 4.90 Å². The average Bonchev–Trinajstić information content (AvgIpc) is 2.66. The maximum atomic E-state index is 11.9. The molecule has 2 rings (SSSR count). The van der Waals surface area contributed by atoms with Gasteiger partial charge in [0.1, 0.15) is 0 Å². The van der Waals surface area contributed by atoms with E-state index in [-0.39, 0.29) is 23.2 Å². The third kappa shape index (κ3) is 2.90. The Labute approximate surface area is 114 Å². The molecule has 0 bridgehead atoms. The van der Waals surface area contributed by atoms with Gasteiger partial charge in [0.15, 0.2) is 0 Å². The number of likely N-dealkylation sites (tertiary alicyclic amines) is 1. The molecule has 4 nitrogen and oxygen atoms in total. The van der Waals surface area contributed by atoms with Gasteiger partial charge in [-0.15, -0.1) is 0 Å². The first kappa shape index (κ1) is 13.1. The standard InChI is InChI=1S/C13H14BrNO3/c14-10-6-12(16)15(8-10)11(7-13(17)18)9-4-2-1-3-5-9/h1-5,10-11H,6-8H2,(H,17,18). The fourth-order valence-corrected chi connectivity index (χ4v) is 2.83. The first-order chi connectivity index (χ1) is 8.58. The molecule has 0 radical (unpaired) electrons. The highest BCUT2D eigenvalue weighted by atomic mass is 79.9. The minimum atomic E-state index is -0.894. The van der Waals surface area contributed by atoms with Gasteiger partial charge in [0, 0.05) is 17.8 Å². The van der Waals surface area contributed by atoms with E-state index in [0.717, 1.165) is 5.56 Å². The highest BCUT2D eigenvalue weighted by Crippen LogP contribution is 2.31. The molecule has 1 amide bonds. The Morgan fingerprint density at radius 2 is 2.11 bits per heavy atom. The van der Waals surface area contributed by atoms with E-state index in [1.807, 2.05) is 30.3 Å². The number of carbonyl (C=O) groups is 2. The molecule has 1 aliphatic rings. The third-order valence-corrected chi connectivity index (χ3v) is 3.65. The van der Waals surface area contributed by atoms with Gasteiger partial charge in [-0.2, -0.15) is 0 Å². The number of halogens is 1. The van der Waals surface area contributed by atoms with Crippen molar-refractivity contribution in [2.75, 3.05) is 6.54 Å². The quantitative estimate of drug-likeness (QED) is 0.867. The summed E-state index contributed by atoms with van der Waals surface area (Å²) < 4.78 is 0. The van der Waals surface area contributed by atoms with Crippen molar-refractivity contribution in [2.45, 2.75) is 23.7 Å². The lowest BCUT2D eigenvalue weighted by Crippen LogP contribution is -2.32.